The molecule has 0 unspecified atom stereocenters. The van der Waals surface area contributed by atoms with Crippen LogP contribution in [-0.4, -0.2) is 6.71 Å². The van der Waals surface area contributed by atoms with Crippen LogP contribution in [0.2, 0.25) is 0 Å². The van der Waals surface area contributed by atoms with E-state index in [1.54, 1.807) is 11.1 Å². The number of hydrogen-bond donors (Lipinski definition) is 0. The van der Waals surface area contributed by atoms with E-state index in [1.165, 1.54) is 114 Å². The molecule has 4 fully saturated rings. The number of fused-ring (bicyclic) bond motifs is 9. The SMILES string of the molecule is c1ccc2c(c1)B1c3cccc4c3N(c3ccccc3C43C4CC5CC(C4)CC3C5)c3cccc(c31)N2c1ccc(-c2cccc3c2sc2ccccc23)cc1. The van der Waals surface area contributed by atoms with E-state index in [-0.39, 0.29) is 12.1 Å². The van der Waals surface area contributed by atoms with Gasteiger partial charge in [-0.1, -0.05) is 109 Å². The maximum Gasteiger partial charge on any atom is 0.252 e. The number of anilines is 6. The molecule has 4 aliphatic carbocycles. The summed E-state index contributed by atoms with van der Waals surface area (Å²) in [6.45, 7) is 0.170. The molecular formula is C52H39BN2S. The van der Waals surface area contributed by atoms with Crippen LogP contribution in [0.3, 0.4) is 0 Å². The molecule has 0 radical (unpaired) electrons. The van der Waals surface area contributed by atoms with Crippen molar-refractivity contribution in [2.75, 3.05) is 9.80 Å². The molecule has 2 nitrogen and oxygen atoms in total. The molecule has 0 saturated heterocycles. The lowest BCUT2D eigenvalue weighted by Crippen LogP contribution is -2.64. The van der Waals surface area contributed by atoms with Gasteiger partial charge in [0.1, 0.15) is 0 Å². The second-order valence-electron chi connectivity index (χ2n) is 17.6. The summed E-state index contributed by atoms with van der Waals surface area (Å²) >= 11 is 1.90. The van der Waals surface area contributed by atoms with Crippen LogP contribution in [0.4, 0.5) is 34.1 Å². The normalized spacial score (nSPS) is 24.4. The molecule has 7 aliphatic rings. The maximum absolute atomic E-state index is 2.70. The van der Waals surface area contributed by atoms with Crippen molar-refractivity contribution in [3.8, 4) is 11.1 Å². The Kier molecular flexibility index (Phi) is 5.92. The highest BCUT2D eigenvalue weighted by atomic mass is 32.1. The summed E-state index contributed by atoms with van der Waals surface area (Å²) in [5.74, 6) is 3.30. The second kappa shape index (κ2) is 10.8. The molecule has 1 spiro atoms. The Morgan fingerprint density at radius 3 is 1.96 bits per heavy atom. The highest BCUT2D eigenvalue weighted by molar-refractivity contribution is 7.26. The third kappa shape index (κ3) is 3.71. The molecule has 1 aromatic heterocycles. The van der Waals surface area contributed by atoms with Gasteiger partial charge in [-0.05, 0) is 137 Å². The number of nitrogens with zero attached hydrogens (tertiary/aromatic N) is 2. The van der Waals surface area contributed by atoms with Gasteiger partial charge in [0.2, 0.25) is 0 Å². The van der Waals surface area contributed by atoms with E-state index in [2.05, 4.69) is 161 Å². The Hall–Kier alpha value is -5.58. The van der Waals surface area contributed by atoms with E-state index in [1.807, 2.05) is 11.3 Å². The summed E-state index contributed by atoms with van der Waals surface area (Å²) < 4.78 is 2.71. The van der Waals surface area contributed by atoms with Gasteiger partial charge in [0.25, 0.3) is 6.71 Å². The van der Waals surface area contributed by atoms with Crippen molar-refractivity contribution in [2.24, 2.45) is 23.7 Å². The van der Waals surface area contributed by atoms with Gasteiger partial charge >= 0.3 is 0 Å². The van der Waals surface area contributed by atoms with Crippen LogP contribution in [-0.2, 0) is 5.41 Å². The molecule has 0 amide bonds. The summed E-state index contributed by atoms with van der Waals surface area (Å²) in [5, 5.41) is 2.69. The molecule has 4 heterocycles. The number of rotatable bonds is 2. The first kappa shape index (κ1) is 30.6. The lowest BCUT2D eigenvalue weighted by Gasteiger charge is -2.64. The topological polar surface area (TPSA) is 6.48 Å². The Morgan fingerprint density at radius 2 is 1.12 bits per heavy atom. The molecular weight excluding hydrogens is 695 g/mol. The molecule has 15 rings (SSSR count). The van der Waals surface area contributed by atoms with Gasteiger partial charge in [-0.25, -0.2) is 0 Å². The maximum atomic E-state index is 2.70. The van der Waals surface area contributed by atoms with Gasteiger partial charge in [0, 0.05) is 54.0 Å². The van der Waals surface area contributed by atoms with E-state index in [0.29, 0.717) is 0 Å². The minimum absolute atomic E-state index is 0.100. The first-order chi connectivity index (χ1) is 27.8. The third-order valence-corrected chi connectivity index (χ3v) is 16.4. The average Bonchev–Trinajstić information content (AvgIpc) is 3.63. The zero-order valence-electron chi connectivity index (χ0n) is 31.2. The van der Waals surface area contributed by atoms with E-state index in [4.69, 9.17) is 0 Å². The largest absolute Gasteiger partial charge is 0.311 e. The zero-order chi connectivity index (χ0) is 36.3. The van der Waals surface area contributed by atoms with Crippen LogP contribution in [0.25, 0.3) is 31.3 Å². The molecule has 7 aromatic carbocycles. The van der Waals surface area contributed by atoms with E-state index >= 15 is 0 Å². The fraction of sp³-hybridized carbons (Fsp3) is 0.192. The lowest BCUT2D eigenvalue weighted by molar-refractivity contribution is -0.0419. The van der Waals surface area contributed by atoms with Crippen molar-refractivity contribution >= 4 is 88.7 Å². The van der Waals surface area contributed by atoms with Gasteiger partial charge in [-0.2, -0.15) is 0 Å². The number of hydrogen-bond acceptors (Lipinski definition) is 3. The molecule has 0 atom stereocenters. The van der Waals surface area contributed by atoms with Crippen LogP contribution in [0.15, 0.2) is 152 Å². The Bertz CT molecular complexity index is 2950. The molecule has 266 valence electrons. The van der Waals surface area contributed by atoms with Gasteiger partial charge in [0.05, 0.1) is 5.69 Å². The molecule has 4 saturated carbocycles. The zero-order valence-corrected chi connectivity index (χ0v) is 32.0. The number of thiophene rings is 1. The van der Waals surface area contributed by atoms with Gasteiger partial charge in [-0.3, -0.25) is 0 Å². The van der Waals surface area contributed by atoms with Gasteiger partial charge in [-0.15, -0.1) is 11.3 Å². The van der Waals surface area contributed by atoms with E-state index < -0.39 is 0 Å². The van der Waals surface area contributed by atoms with Crippen molar-refractivity contribution in [1.82, 2.24) is 0 Å². The predicted molar refractivity (Wildman–Crippen MR) is 237 cm³/mol. The lowest BCUT2D eigenvalue weighted by atomic mass is 9.32. The van der Waals surface area contributed by atoms with Gasteiger partial charge < -0.3 is 9.80 Å². The fourth-order valence-corrected chi connectivity index (χ4v) is 14.8. The second-order valence-corrected chi connectivity index (χ2v) is 18.7. The van der Waals surface area contributed by atoms with Crippen LogP contribution in [0, 0.1) is 23.7 Å². The quantitative estimate of drug-likeness (QED) is 0.163. The smallest absolute Gasteiger partial charge is 0.252 e. The molecule has 0 N–H and O–H groups in total. The van der Waals surface area contributed by atoms with Crippen molar-refractivity contribution in [3.63, 3.8) is 0 Å². The molecule has 8 aromatic rings. The fourth-order valence-electron chi connectivity index (χ4n) is 13.5. The Balaban J connectivity index is 0.963. The Labute approximate surface area is 332 Å². The minimum Gasteiger partial charge on any atom is -0.311 e. The summed E-state index contributed by atoms with van der Waals surface area (Å²) in [7, 11) is 0. The minimum atomic E-state index is 0.100. The van der Waals surface area contributed by atoms with Crippen LogP contribution in [0.1, 0.15) is 43.2 Å². The third-order valence-electron chi connectivity index (χ3n) is 15.2. The van der Waals surface area contributed by atoms with Crippen molar-refractivity contribution in [2.45, 2.75) is 37.5 Å². The number of benzene rings is 7. The standard InChI is InChI=1S/C52H39BN2S/c1-6-21-48-38(10-1)39-12-7-11-37(51(39)56-48)33-22-24-36(25-23-33)54-45-18-5-3-15-42(45)53-43-16-8-14-41-50(43)55(47-20-9-19-46(54)49(47)53)44-17-4-2-13-40(44)52(41)34-27-31-26-32(29-34)30-35(52)28-31/h1-25,31-32,34-35H,26-30H2. The molecule has 3 aliphatic heterocycles. The summed E-state index contributed by atoms with van der Waals surface area (Å²) in [6.07, 6.45) is 7.05. The van der Waals surface area contributed by atoms with Crippen LogP contribution < -0.4 is 26.2 Å². The summed E-state index contributed by atoms with van der Waals surface area (Å²) in [4.78, 5) is 5.24. The van der Waals surface area contributed by atoms with E-state index in [9.17, 15) is 0 Å². The molecule has 4 bridgehead atoms. The first-order valence-corrected chi connectivity index (χ1v) is 21.6. The van der Waals surface area contributed by atoms with Crippen LogP contribution >= 0.6 is 11.3 Å². The van der Waals surface area contributed by atoms with Gasteiger partial charge in [0.15, 0.2) is 0 Å². The first-order valence-electron chi connectivity index (χ1n) is 20.8. The monoisotopic (exact) mass is 734 g/mol. The summed E-state index contributed by atoms with van der Waals surface area (Å²) in [5.41, 5.74) is 18.2. The molecule has 4 heteroatoms. The van der Waals surface area contributed by atoms with Crippen molar-refractivity contribution < 1.29 is 0 Å². The highest BCUT2D eigenvalue weighted by Gasteiger charge is 2.62. The highest BCUT2D eigenvalue weighted by Crippen LogP contribution is 2.69. The summed E-state index contributed by atoms with van der Waals surface area (Å²) in [6, 6.07) is 58.4. The van der Waals surface area contributed by atoms with Crippen molar-refractivity contribution in [3.05, 3.63) is 163 Å². The van der Waals surface area contributed by atoms with E-state index in [0.717, 1.165) is 23.7 Å². The average molecular weight is 735 g/mol. The predicted octanol–water partition coefficient (Wildman–Crippen LogP) is 11.9. The Morgan fingerprint density at radius 1 is 0.500 bits per heavy atom. The number of para-hydroxylation sites is 3. The molecule has 56 heavy (non-hydrogen) atoms. The van der Waals surface area contributed by atoms with Crippen LogP contribution in [0.5, 0.6) is 0 Å². The van der Waals surface area contributed by atoms with Crippen molar-refractivity contribution in [1.29, 1.82) is 0 Å².